The Labute approximate surface area is 144 Å². The molecule has 1 aromatic carbocycles. The van der Waals surface area contributed by atoms with Gasteiger partial charge in [0.15, 0.2) is 0 Å². The van der Waals surface area contributed by atoms with Crippen molar-refractivity contribution in [1.29, 1.82) is 0 Å². The number of fused-ring (bicyclic) bond motifs is 1. The first-order valence-corrected chi connectivity index (χ1v) is 8.50. The number of benzene rings is 1. The minimum absolute atomic E-state index is 0.0525. The zero-order valence-corrected chi connectivity index (χ0v) is 15.0. The molecule has 3 rings (SSSR count). The van der Waals surface area contributed by atoms with E-state index in [1.54, 1.807) is 0 Å². The molecule has 2 aromatic heterocycles. The number of aromatic nitrogens is 2. The number of hydrogen-bond donors (Lipinski definition) is 1. The SMILES string of the molecule is Cc1cc(C)cc(NC(=O)Cn2cnc3sc(C)c(C)c3c2=O)c1. The Morgan fingerprint density at radius 3 is 2.50 bits per heavy atom. The summed E-state index contributed by atoms with van der Waals surface area (Å²) in [5.74, 6) is -0.243. The Kier molecular flexibility index (Phi) is 4.24. The summed E-state index contributed by atoms with van der Waals surface area (Å²) in [5, 5.41) is 3.45. The molecular formula is C18H19N3O2S. The van der Waals surface area contributed by atoms with E-state index in [9.17, 15) is 9.59 Å². The lowest BCUT2D eigenvalue weighted by atomic mass is 10.1. The number of aryl methyl sites for hydroxylation is 4. The molecule has 0 aliphatic carbocycles. The summed E-state index contributed by atoms with van der Waals surface area (Å²) in [7, 11) is 0. The van der Waals surface area contributed by atoms with Gasteiger partial charge in [-0.15, -0.1) is 11.3 Å². The Hall–Kier alpha value is -2.47. The van der Waals surface area contributed by atoms with Crippen LogP contribution in [0.25, 0.3) is 10.2 Å². The van der Waals surface area contributed by atoms with Crippen LogP contribution in [0.2, 0.25) is 0 Å². The van der Waals surface area contributed by atoms with Gasteiger partial charge in [-0.3, -0.25) is 14.2 Å². The summed E-state index contributed by atoms with van der Waals surface area (Å²) in [6.45, 7) is 7.79. The van der Waals surface area contributed by atoms with Crippen molar-refractivity contribution in [3.8, 4) is 0 Å². The second-order valence-corrected chi connectivity index (χ2v) is 7.27. The Balaban J connectivity index is 1.87. The number of thiophene rings is 1. The minimum atomic E-state index is -0.243. The Bertz CT molecular complexity index is 981. The number of amides is 1. The highest BCUT2D eigenvalue weighted by molar-refractivity contribution is 7.18. The van der Waals surface area contributed by atoms with E-state index in [0.717, 1.165) is 32.1 Å². The van der Waals surface area contributed by atoms with Gasteiger partial charge in [0.2, 0.25) is 5.91 Å². The summed E-state index contributed by atoms with van der Waals surface area (Å²) in [5.41, 5.74) is 3.67. The third-order valence-electron chi connectivity index (χ3n) is 3.98. The highest BCUT2D eigenvalue weighted by atomic mass is 32.1. The van der Waals surface area contributed by atoms with Crippen molar-refractivity contribution in [3.05, 3.63) is 56.4 Å². The fourth-order valence-corrected chi connectivity index (χ4v) is 3.77. The first kappa shape index (κ1) is 16.4. The maximum atomic E-state index is 12.6. The van der Waals surface area contributed by atoms with Gasteiger partial charge in [0, 0.05) is 10.6 Å². The highest BCUT2D eigenvalue weighted by Gasteiger charge is 2.13. The van der Waals surface area contributed by atoms with Crippen LogP contribution in [0.1, 0.15) is 21.6 Å². The second kappa shape index (κ2) is 6.20. The fourth-order valence-electron chi connectivity index (χ4n) is 2.78. The molecule has 0 atom stereocenters. The van der Waals surface area contributed by atoms with Crippen molar-refractivity contribution >= 4 is 33.1 Å². The largest absolute Gasteiger partial charge is 0.325 e. The van der Waals surface area contributed by atoms with E-state index in [4.69, 9.17) is 0 Å². The molecule has 0 radical (unpaired) electrons. The molecular weight excluding hydrogens is 322 g/mol. The number of carbonyl (C=O) groups excluding carboxylic acids is 1. The molecule has 0 spiro atoms. The number of carbonyl (C=O) groups is 1. The van der Waals surface area contributed by atoms with Gasteiger partial charge in [0.25, 0.3) is 5.56 Å². The van der Waals surface area contributed by atoms with Crippen molar-refractivity contribution in [2.75, 3.05) is 5.32 Å². The molecule has 24 heavy (non-hydrogen) atoms. The zero-order chi connectivity index (χ0) is 17.4. The first-order chi connectivity index (χ1) is 11.3. The summed E-state index contributed by atoms with van der Waals surface area (Å²) in [6, 6.07) is 5.85. The van der Waals surface area contributed by atoms with Crippen LogP contribution < -0.4 is 10.9 Å². The summed E-state index contributed by atoms with van der Waals surface area (Å²) < 4.78 is 1.36. The molecule has 0 bridgehead atoms. The molecule has 124 valence electrons. The molecule has 3 aromatic rings. The third kappa shape index (κ3) is 3.10. The topological polar surface area (TPSA) is 64.0 Å². The van der Waals surface area contributed by atoms with E-state index >= 15 is 0 Å². The van der Waals surface area contributed by atoms with Crippen molar-refractivity contribution in [1.82, 2.24) is 9.55 Å². The zero-order valence-electron chi connectivity index (χ0n) is 14.1. The number of nitrogens with one attached hydrogen (secondary N) is 1. The summed E-state index contributed by atoms with van der Waals surface area (Å²) in [4.78, 5) is 31.0. The summed E-state index contributed by atoms with van der Waals surface area (Å²) in [6.07, 6.45) is 1.45. The van der Waals surface area contributed by atoms with Crippen LogP contribution in [-0.2, 0) is 11.3 Å². The molecule has 5 nitrogen and oxygen atoms in total. The molecule has 0 fully saturated rings. The lowest BCUT2D eigenvalue weighted by Gasteiger charge is -2.09. The van der Waals surface area contributed by atoms with E-state index < -0.39 is 0 Å². The molecule has 1 amide bonds. The van der Waals surface area contributed by atoms with Crippen molar-refractivity contribution in [2.45, 2.75) is 34.2 Å². The van der Waals surface area contributed by atoms with Gasteiger partial charge < -0.3 is 5.32 Å². The minimum Gasteiger partial charge on any atom is -0.325 e. The number of rotatable bonds is 3. The van der Waals surface area contributed by atoms with Crippen LogP contribution in [0.5, 0.6) is 0 Å². The number of hydrogen-bond acceptors (Lipinski definition) is 4. The fraction of sp³-hybridized carbons (Fsp3) is 0.278. The van der Waals surface area contributed by atoms with Crippen LogP contribution in [0.15, 0.2) is 29.3 Å². The standard InChI is InChI=1S/C18H19N3O2S/c1-10-5-11(2)7-14(6-10)20-15(22)8-21-9-19-17-16(18(21)23)12(3)13(4)24-17/h5-7,9H,8H2,1-4H3,(H,20,22). The Morgan fingerprint density at radius 1 is 1.17 bits per heavy atom. The molecule has 0 saturated heterocycles. The molecule has 6 heteroatoms. The first-order valence-electron chi connectivity index (χ1n) is 7.68. The van der Waals surface area contributed by atoms with Gasteiger partial charge in [-0.2, -0.15) is 0 Å². The number of anilines is 1. The monoisotopic (exact) mass is 341 g/mol. The van der Waals surface area contributed by atoms with Crippen LogP contribution in [-0.4, -0.2) is 15.5 Å². The number of nitrogens with zero attached hydrogens (tertiary/aromatic N) is 2. The maximum absolute atomic E-state index is 12.6. The molecule has 0 saturated carbocycles. The Morgan fingerprint density at radius 2 is 1.83 bits per heavy atom. The van der Waals surface area contributed by atoms with Crippen LogP contribution in [0, 0.1) is 27.7 Å². The maximum Gasteiger partial charge on any atom is 0.262 e. The van der Waals surface area contributed by atoms with Crippen molar-refractivity contribution in [3.63, 3.8) is 0 Å². The van der Waals surface area contributed by atoms with E-state index in [1.807, 2.05) is 45.9 Å². The van der Waals surface area contributed by atoms with E-state index in [-0.39, 0.29) is 18.0 Å². The van der Waals surface area contributed by atoms with Crippen molar-refractivity contribution < 1.29 is 4.79 Å². The second-order valence-electron chi connectivity index (χ2n) is 6.07. The average Bonchev–Trinajstić information content (AvgIpc) is 2.76. The lowest BCUT2D eigenvalue weighted by molar-refractivity contribution is -0.116. The molecule has 0 aliphatic heterocycles. The highest BCUT2D eigenvalue weighted by Crippen LogP contribution is 2.25. The third-order valence-corrected chi connectivity index (χ3v) is 5.09. The normalized spacial score (nSPS) is 11.0. The summed E-state index contributed by atoms with van der Waals surface area (Å²) >= 11 is 1.50. The van der Waals surface area contributed by atoms with Crippen LogP contribution >= 0.6 is 11.3 Å². The predicted octanol–water partition coefficient (Wildman–Crippen LogP) is 3.33. The van der Waals surface area contributed by atoms with Gasteiger partial charge in [-0.25, -0.2) is 4.98 Å². The van der Waals surface area contributed by atoms with Gasteiger partial charge in [0.05, 0.1) is 11.7 Å². The molecule has 2 heterocycles. The van der Waals surface area contributed by atoms with Crippen LogP contribution in [0.4, 0.5) is 5.69 Å². The van der Waals surface area contributed by atoms with Gasteiger partial charge in [-0.1, -0.05) is 6.07 Å². The van der Waals surface area contributed by atoms with Crippen LogP contribution in [0.3, 0.4) is 0 Å². The lowest BCUT2D eigenvalue weighted by Crippen LogP contribution is -2.27. The van der Waals surface area contributed by atoms with Crippen molar-refractivity contribution in [2.24, 2.45) is 0 Å². The molecule has 0 aliphatic rings. The average molecular weight is 341 g/mol. The smallest absolute Gasteiger partial charge is 0.262 e. The molecule has 1 N–H and O–H groups in total. The quantitative estimate of drug-likeness (QED) is 0.795. The van der Waals surface area contributed by atoms with E-state index in [1.165, 1.54) is 22.2 Å². The van der Waals surface area contributed by atoms with Gasteiger partial charge in [-0.05, 0) is 56.5 Å². The predicted molar refractivity (Wildman–Crippen MR) is 97.9 cm³/mol. The van der Waals surface area contributed by atoms with E-state index in [0.29, 0.717) is 5.39 Å². The molecule has 0 unspecified atom stereocenters. The van der Waals surface area contributed by atoms with Gasteiger partial charge in [0.1, 0.15) is 11.4 Å². The van der Waals surface area contributed by atoms with E-state index in [2.05, 4.69) is 10.3 Å². The van der Waals surface area contributed by atoms with Gasteiger partial charge >= 0.3 is 0 Å².